The Labute approximate surface area is 152 Å². The minimum absolute atomic E-state index is 0.0353. The van der Waals surface area contributed by atoms with Crippen LogP contribution >= 0.6 is 23.1 Å². The molecule has 0 saturated heterocycles. The van der Waals surface area contributed by atoms with Crippen LogP contribution in [0, 0.1) is 13.8 Å². The van der Waals surface area contributed by atoms with Crippen LogP contribution in [0.3, 0.4) is 0 Å². The van der Waals surface area contributed by atoms with Crippen LogP contribution in [0.2, 0.25) is 0 Å². The first-order valence-electron chi connectivity index (χ1n) is 8.40. The molecule has 4 nitrogen and oxygen atoms in total. The Balaban J connectivity index is 1.79. The Morgan fingerprint density at radius 1 is 1.12 bits per heavy atom. The summed E-state index contributed by atoms with van der Waals surface area (Å²) in [5.74, 6) is 0.899. The van der Waals surface area contributed by atoms with Gasteiger partial charge in [-0.15, -0.1) is 10.2 Å². The Bertz CT molecular complexity index is 650. The van der Waals surface area contributed by atoms with Gasteiger partial charge in [0.15, 0.2) is 4.34 Å². The van der Waals surface area contributed by atoms with Gasteiger partial charge >= 0.3 is 0 Å². The average Bonchev–Trinajstić information content (AvgIpc) is 2.96. The molecule has 0 fully saturated rings. The van der Waals surface area contributed by atoms with Crippen molar-refractivity contribution in [1.29, 1.82) is 0 Å². The summed E-state index contributed by atoms with van der Waals surface area (Å²) in [4.78, 5) is 11.9. The lowest BCUT2D eigenvalue weighted by atomic mass is 10.1. The maximum absolute atomic E-state index is 11.9. The number of carbonyl (C=O) groups is 1. The number of amides is 1. The van der Waals surface area contributed by atoms with Gasteiger partial charge in [-0.05, 0) is 25.8 Å². The molecule has 1 aromatic carbocycles. The molecule has 24 heavy (non-hydrogen) atoms. The van der Waals surface area contributed by atoms with E-state index in [0.717, 1.165) is 22.9 Å². The summed E-state index contributed by atoms with van der Waals surface area (Å²) in [6, 6.07) is 6.56. The van der Waals surface area contributed by atoms with Crippen LogP contribution in [0.15, 0.2) is 22.5 Å². The van der Waals surface area contributed by atoms with Gasteiger partial charge in [-0.25, -0.2) is 0 Å². The summed E-state index contributed by atoms with van der Waals surface area (Å²) in [5.41, 5.74) is 3.84. The Kier molecular flexibility index (Phi) is 7.72. The van der Waals surface area contributed by atoms with E-state index in [4.69, 9.17) is 0 Å². The Hall–Kier alpha value is -1.40. The molecule has 0 radical (unpaired) electrons. The maximum atomic E-state index is 11.9. The number of aromatic nitrogens is 2. The number of thioether (sulfide) groups is 1. The van der Waals surface area contributed by atoms with Crippen molar-refractivity contribution in [1.82, 2.24) is 10.2 Å². The molecule has 2 aromatic rings. The average molecular weight is 364 g/mol. The largest absolute Gasteiger partial charge is 0.301 e. The van der Waals surface area contributed by atoms with E-state index in [1.165, 1.54) is 40.9 Å². The molecule has 0 unspecified atom stereocenters. The number of hydrogen-bond donors (Lipinski definition) is 1. The number of benzene rings is 1. The molecular weight excluding hydrogens is 338 g/mol. The summed E-state index contributed by atoms with van der Waals surface area (Å²) in [5, 5.41) is 11.7. The van der Waals surface area contributed by atoms with E-state index in [2.05, 4.69) is 54.5 Å². The zero-order valence-electron chi connectivity index (χ0n) is 14.6. The number of anilines is 1. The van der Waals surface area contributed by atoms with Gasteiger partial charge in [-0.3, -0.25) is 4.79 Å². The summed E-state index contributed by atoms with van der Waals surface area (Å²) >= 11 is 3.10. The first-order chi connectivity index (χ1) is 11.6. The molecule has 2 rings (SSSR count). The second-order valence-electron chi connectivity index (χ2n) is 6.02. The van der Waals surface area contributed by atoms with Gasteiger partial charge in [0.25, 0.3) is 0 Å². The lowest BCUT2D eigenvalue weighted by Gasteiger charge is -2.03. The van der Waals surface area contributed by atoms with E-state index in [9.17, 15) is 4.79 Å². The highest BCUT2D eigenvalue weighted by atomic mass is 32.2. The van der Waals surface area contributed by atoms with Gasteiger partial charge < -0.3 is 5.32 Å². The number of nitrogens with zero attached hydrogens (tertiary/aromatic N) is 2. The van der Waals surface area contributed by atoms with Gasteiger partial charge in [-0.1, -0.05) is 78.6 Å². The van der Waals surface area contributed by atoms with E-state index in [-0.39, 0.29) is 5.91 Å². The van der Waals surface area contributed by atoms with Gasteiger partial charge in [0, 0.05) is 12.2 Å². The third kappa shape index (κ3) is 6.61. The number of aryl methyl sites for hydroxylation is 2. The lowest BCUT2D eigenvalue weighted by molar-refractivity contribution is -0.116. The van der Waals surface area contributed by atoms with Crippen molar-refractivity contribution < 1.29 is 4.79 Å². The van der Waals surface area contributed by atoms with E-state index in [1.54, 1.807) is 11.8 Å². The molecule has 0 aliphatic heterocycles. The quantitative estimate of drug-likeness (QED) is 0.370. The van der Waals surface area contributed by atoms with Crippen LogP contribution in [0.25, 0.3) is 0 Å². The molecule has 1 N–H and O–H groups in total. The highest BCUT2D eigenvalue weighted by molar-refractivity contribution is 8.00. The van der Waals surface area contributed by atoms with Crippen molar-refractivity contribution in [3.63, 3.8) is 0 Å². The number of hydrogen-bond acceptors (Lipinski definition) is 5. The molecule has 130 valence electrons. The third-order valence-corrected chi connectivity index (χ3v) is 5.60. The minimum atomic E-state index is 0.0353. The van der Waals surface area contributed by atoms with Gasteiger partial charge in [0.05, 0.1) is 0 Å². The summed E-state index contributed by atoms with van der Waals surface area (Å²) in [6.07, 6.45) is 4.97. The van der Waals surface area contributed by atoms with Crippen LogP contribution in [0.5, 0.6) is 0 Å². The maximum Gasteiger partial charge on any atom is 0.226 e. The van der Waals surface area contributed by atoms with Crippen molar-refractivity contribution >= 4 is 34.1 Å². The molecule has 1 aromatic heterocycles. The monoisotopic (exact) mass is 363 g/mol. The Morgan fingerprint density at radius 2 is 1.88 bits per heavy atom. The second kappa shape index (κ2) is 9.79. The van der Waals surface area contributed by atoms with E-state index in [0.29, 0.717) is 11.6 Å². The molecular formula is C18H25N3OS2. The molecule has 0 aliphatic carbocycles. The number of rotatable bonds is 9. The van der Waals surface area contributed by atoms with Crippen LogP contribution in [-0.2, 0) is 10.5 Å². The first-order valence-corrected chi connectivity index (χ1v) is 10.2. The second-order valence-corrected chi connectivity index (χ2v) is 8.22. The number of nitrogens with one attached hydrogen (secondary N) is 1. The fourth-order valence-corrected chi connectivity index (χ4v) is 4.21. The molecule has 0 saturated carbocycles. The van der Waals surface area contributed by atoms with E-state index >= 15 is 0 Å². The van der Waals surface area contributed by atoms with Gasteiger partial charge in [0.1, 0.15) is 0 Å². The van der Waals surface area contributed by atoms with Crippen molar-refractivity contribution in [2.45, 2.75) is 63.0 Å². The first kappa shape index (κ1) is 18.9. The molecule has 6 heteroatoms. The molecule has 0 atom stereocenters. The van der Waals surface area contributed by atoms with Crippen LogP contribution in [0.1, 0.15) is 55.7 Å². The zero-order valence-corrected chi connectivity index (χ0v) is 16.2. The molecule has 0 bridgehead atoms. The zero-order chi connectivity index (χ0) is 17.4. The van der Waals surface area contributed by atoms with Crippen LogP contribution < -0.4 is 5.32 Å². The number of carbonyl (C=O) groups excluding carboxylic acids is 1. The summed E-state index contributed by atoms with van der Waals surface area (Å²) < 4.78 is 0.885. The van der Waals surface area contributed by atoms with Gasteiger partial charge in [0.2, 0.25) is 11.0 Å². The number of unbranched alkanes of at least 4 members (excludes halogenated alkanes) is 3. The smallest absolute Gasteiger partial charge is 0.226 e. The van der Waals surface area contributed by atoms with Crippen molar-refractivity contribution in [2.24, 2.45) is 0 Å². The topological polar surface area (TPSA) is 54.9 Å². The fourth-order valence-electron chi connectivity index (χ4n) is 2.51. The van der Waals surface area contributed by atoms with Crippen molar-refractivity contribution in [3.05, 3.63) is 34.9 Å². The van der Waals surface area contributed by atoms with E-state index in [1.807, 2.05) is 0 Å². The minimum Gasteiger partial charge on any atom is -0.301 e. The predicted molar refractivity (Wildman–Crippen MR) is 103 cm³/mol. The fraction of sp³-hybridized carbons (Fsp3) is 0.500. The third-order valence-electron chi connectivity index (χ3n) is 3.55. The molecule has 1 amide bonds. The van der Waals surface area contributed by atoms with E-state index < -0.39 is 0 Å². The lowest BCUT2D eigenvalue weighted by Crippen LogP contribution is -2.10. The molecule has 1 heterocycles. The molecule has 0 aliphatic rings. The summed E-state index contributed by atoms with van der Waals surface area (Å²) in [6.45, 7) is 6.39. The predicted octanol–water partition coefficient (Wildman–Crippen LogP) is 5.36. The van der Waals surface area contributed by atoms with Crippen LogP contribution in [-0.4, -0.2) is 16.1 Å². The van der Waals surface area contributed by atoms with Gasteiger partial charge in [-0.2, -0.15) is 0 Å². The van der Waals surface area contributed by atoms with Crippen LogP contribution in [0.4, 0.5) is 5.13 Å². The van der Waals surface area contributed by atoms with Crippen molar-refractivity contribution in [2.75, 3.05) is 5.32 Å². The molecule has 0 spiro atoms. The summed E-state index contributed by atoms with van der Waals surface area (Å²) in [7, 11) is 0. The highest BCUT2D eigenvalue weighted by Gasteiger charge is 2.09. The normalized spacial score (nSPS) is 10.8. The highest BCUT2D eigenvalue weighted by Crippen LogP contribution is 2.29. The Morgan fingerprint density at radius 3 is 2.58 bits per heavy atom. The standard InChI is InChI=1S/C18H25N3OS2/c1-4-5-6-7-8-16(22)19-17-20-21-18(24-17)23-12-15-10-13(2)9-14(3)11-15/h9-11H,4-8,12H2,1-3H3,(H,19,20,22). The van der Waals surface area contributed by atoms with Crippen molar-refractivity contribution in [3.8, 4) is 0 Å². The SMILES string of the molecule is CCCCCCC(=O)Nc1nnc(SCc2cc(C)cc(C)c2)s1.